The Kier molecular flexibility index (Phi) is 3.45. The van der Waals surface area contributed by atoms with Gasteiger partial charge in [0.15, 0.2) is 0 Å². The van der Waals surface area contributed by atoms with Crippen LogP contribution in [0.3, 0.4) is 0 Å². The Bertz CT molecular complexity index is 410. The van der Waals surface area contributed by atoms with Gasteiger partial charge in [0.2, 0.25) is 0 Å². The van der Waals surface area contributed by atoms with Gasteiger partial charge in [-0.1, -0.05) is 37.0 Å². The van der Waals surface area contributed by atoms with E-state index >= 15 is 0 Å². The Hall–Kier alpha value is 0.0900. The quantitative estimate of drug-likeness (QED) is 0.425. The summed E-state index contributed by atoms with van der Waals surface area (Å²) in [5, 5.41) is 1.51. The van der Waals surface area contributed by atoms with Gasteiger partial charge >= 0.3 is 0 Å². The highest BCUT2D eigenvalue weighted by atomic mass is 35.5. The molecule has 1 aliphatic rings. The van der Waals surface area contributed by atoms with Crippen molar-refractivity contribution in [2.75, 3.05) is 0 Å². The average molecular weight is 278 g/mol. The van der Waals surface area contributed by atoms with Crippen LogP contribution < -0.4 is 0 Å². The smallest absolute Gasteiger partial charge is 0.0608 e. The predicted molar refractivity (Wildman–Crippen MR) is 71.8 cm³/mol. The summed E-state index contributed by atoms with van der Waals surface area (Å²) < 4.78 is 0. The van der Waals surface area contributed by atoms with E-state index in [0.717, 1.165) is 40.4 Å². The van der Waals surface area contributed by atoms with Crippen LogP contribution in [0, 0.1) is 5.41 Å². The number of rotatable bonds is 0. The van der Waals surface area contributed by atoms with E-state index in [1.165, 1.54) is 0 Å². The minimum Gasteiger partial charge on any atom is -0.118 e. The van der Waals surface area contributed by atoms with E-state index in [9.17, 15) is 0 Å². The van der Waals surface area contributed by atoms with Gasteiger partial charge in [-0.05, 0) is 47.9 Å². The van der Waals surface area contributed by atoms with Gasteiger partial charge in [0.05, 0.1) is 5.38 Å². The molecule has 0 heterocycles. The molecule has 88 valence electrons. The van der Waals surface area contributed by atoms with Gasteiger partial charge in [0, 0.05) is 10.0 Å². The van der Waals surface area contributed by atoms with Crippen molar-refractivity contribution in [1.82, 2.24) is 0 Å². The maximum Gasteiger partial charge on any atom is 0.0608 e. The highest BCUT2D eigenvalue weighted by Gasteiger charge is 2.30. The number of hydrogen-bond donors (Lipinski definition) is 0. The van der Waals surface area contributed by atoms with Crippen molar-refractivity contribution in [3.63, 3.8) is 0 Å². The second kappa shape index (κ2) is 4.40. The number of alkyl halides is 1. The Balaban J connectivity index is 2.52. The normalized spacial score (nSPS) is 23.7. The van der Waals surface area contributed by atoms with E-state index in [-0.39, 0.29) is 10.8 Å². The zero-order valence-corrected chi connectivity index (χ0v) is 11.8. The van der Waals surface area contributed by atoms with Crippen LogP contribution >= 0.6 is 34.8 Å². The van der Waals surface area contributed by atoms with Gasteiger partial charge in [0.1, 0.15) is 0 Å². The lowest BCUT2D eigenvalue weighted by Crippen LogP contribution is -2.11. The fourth-order valence-electron chi connectivity index (χ4n) is 2.35. The van der Waals surface area contributed by atoms with Crippen LogP contribution in [0.15, 0.2) is 12.1 Å². The summed E-state index contributed by atoms with van der Waals surface area (Å²) in [7, 11) is 0. The van der Waals surface area contributed by atoms with E-state index in [0.29, 0.717) is 0 Å². The summed E-state index contributed by atoms with van der Waals surface area (Å²) in [6.45, 7) is 4.49. The fraction of sp³-hybridized carbons (Fsp3) is 0.538. The first kappa shape index (κ1) is 12.5. The number of fused-ring (bicyclic) bond motifs is 1. The maximum absolute atomic E-state index is 6.47. The summed E-state index contributed by atoms with van der Waals surface area (Å²) >= 11 is 18.9. The number of hydrogen-bond acceptors (Lipinski definition) is 0. The highest BCUT2D eigenvalue weighted by molar-refractivity contribution is 6.35. The van der Waals surface area contributed by atoms with Gasteiger partial charge in [0.25, 0.3) is 0 Å². The maximum atomic E-state index is 6.47. The minimum atomic E-state index is -0.0290. The van der Waals surface area contributed by atoms with Crippen molar-refractivity contribution in [1.29, 1.82) is 0 Å². The summed E-state index contributed by atoms with van der Waals surface area (Å²) in [6, 6.07) is 3.71. The first-order valence-corrected chi connectivity index (χ1v) is 6.71. The summed E-state index contributed by atoms with van der Waals surface area (Å²) in [4.78, 5) is 0. The Morgan fingerprint density at radius 3 is 2.50 bits per heavy atom. The summed E-state index contributed by atoms with van der Waals surface area (Å²) in [6.07, 6.45) is 3.01. The van der Waals surface area contributed by atoms with Crippen molar-refractivity contribution in [2.45, 2.75) is 38.5 Å². The number of halogens is 3. The van der Waals surface area contributed by atoms with Gasteiger partial charge < -0.3 is 0 Å². The molecule has 0 saturated carbocycles. The Morgan fingerprint density at radius 2 is 1.81 bits per heavy atom. The molecule has 0 fully saturated rings. The molecule has 16 heavy (non-hydrogen) atoms. The van der Waals surface area contributed by atoms with Gasteiger partial charge in [-0.3, -0.25) is 0 Å². The molecule has 0 nitrogen and oxygen atoms in total. The molecule has 1 unspecified atom stereocenters. The zero-order chi connectivity index (χ0) is 11.9. The third kappa shape index (κ3) is 2.34. The predicted octanol–water partition coefficient (Wildman–Crippen LogP) is 5.64. The van der Waals surface area contributed by atoms with Crippen molar-refractivity contribution in [2.24, 2.45) is 5.41 Å². The van der Waals surface area contributed by atoms with E-state index in [1.807, 2.05) is 12.1 Å². The fourth-order valence-corrected chi connectivity index (χ4v) is 3.65. The van der Waals surface area contributed by atoms with Crippen LogP contribution in [0.5, 0.6) is 0 Å². The van der Waals surface area contributed by atoms with E-state index in [4.69, 9.17) is 34.8 Å². The molecule has 0 N–H and O–H groups in total. The van der Waals surface area contributed by atoms with Crippen LogP contribution in [0.4, 0.5) is 0 Å². The molecule has 0 aliphatic heterocycles. The van der Waals surface area contributed by atoms with E-state index in [1.54, 1.807) is 0 Å². The lowest BCUT2D eigenvalue weighted by Gasteiger charge is -2.23. The molecule has 1 aromatic rings. The number of benzene rings is 1. The third-order valence-corrected chi connectivity index (χ3v) is 4.40. The van der Waals surface area contributed by atoms with Crippen LogP contribution in [0.2, 0.25) is 10.0 Å². The largest absolute Gasteiger partial charge is 0.118 e. The molecule has 2 rings (SSSR count). The van der Waals surface area contributed by atoms with E-state index < -0.39 is 0 Å². The van der Waals surface area contributed by atoms with Gasteiger partial charge in [-0.25, -0.2) is 0 Å². The molecule has 1 aromatic carbocycles. The van der Waals surface area contributed by atoms with Crippen LogP contribution in [-0.4, -0.2) is 0 Å². The monoisotopic (exact) mass is 276 g/mol. The second-order valence-corrected chi connectivity index (χ2v) is 6.60. The van der Waals surface area contributed by atoms with Crippen molar-refractivity contribution >= 4 is 34.8 Å². The average Bonchev–Trinajstić information content (AvgIpc) is 2.29. The molecule has 1 atom stereocenters. The van der Waals surface area contributed by atoms with Crippen LogP contribution in [0.25, 0.3) is 0 Å². The SMILES string of the molecule is CC1(C)CCc2c(Cl)ccc(Cl)c2C(Cl)C1. The standard InChI is InChI=1S/C13H15Cl3/c1-13(2)6-5-8-9(14)3-4-10(15)12(8)11(16)7-13/h3-4,11H,5-7H2,1-2H3. The summed E-state index contributed by atoms with van der Waals surface area (Å²) in [5.74, 6) is 0. The molecule has 0 radical (unpaired) electrons. The molecular weight excluding hydrogens is 263 g/mol. The first-order valence-electron chi connectivity index (χ1n) is 5.51. The Morgan fingerprint density at radius 1 is 1.19 bits per heavy atom. The van der Waals surface area contributed by atoms with Gasteiger partial charge in [-0.2, -0.15) is 0 Å². The van der Waals surface area contributed by atoms with Crippen molar-refractivity contribution < 1.29 is 0 Å². The molecule has 0 saturated heterocycles. The van der Waals surface area contributed by atoms with Crippen LogP contribution in [-0.2, 0) is 6.42 Å². The molecular formula is C13H15Cl3. The summed E-state index contributed by atoms with van der Waals surface area (Å²) in [5.41, 5.74) is 2.43. The molecule has 0 spiro atoms. The lowest BCUT2D eigenvalue weighted by atomic mass is 9.84. The molecule has 0 amide bonds. The topological polar surface area (TPSA) is 0 Å². The molecule has 0 bridgehead atoms. The van der Waals surface area contributed by atoms with Gasteiger partial charge in [-0.15, -0.1) is 11.6 Å². The zero-order valence-electron chi connectivity index (χ0n) is 9.49. The van der Waals surface area contributed by atoms with Crippen molar-refractivity contribution in [3.05, 3.63) is 33.3 Å². The van der Waals surface area contributed by atoms with Crippen molar-refractivity contribution in [3.8, 4) is 0 Å². The minimum absolute atomic E-state index is 0.0290. The molecule has 1 aliphatic carbocycles. The third-order valence-electron chi connectivity index (χ3n) is 3.34. The van der Waals surface area contributed by atoms with Crippen LogP contribution in [0.1, 0.15) is 43.2 Å². The highest BCUT2D eigenvalue weighted by Crippen LogP contribution is 2.46. The Labute approximate surface area is 112 Å². The molecule has 3 heteroatoms. The molecule has 0 aromatic heterocycles. The second-order valence-electron chi connectivity index (χ2n) is 5.26. The first-order chi connectivity index (χ1) is 7.41. The lowest BCUT2D eigenvalue weighted by molar-refractivity contribution is 0.313. The van der Waals surface area contributed by atoms with E-state index in [2.05, 4.69) is 13.8 Å².